The van der Waals surface area contributed by atoms with Crippen molar-refractivity contribution in [3.63, 3.8) is 0 Å². The SMILES string of the molecule is C=CCN(c1ccc([N+](=O)[O-])c(C#N)c1)C1CC1. The lowest BCUT2D eigenvalue weighted by molar-refractivity contribution is -0.385. The number of benzene rings is 1. The van der Waals surface area contributed by atoms with Crippen LogP contribution in [0.15, 0.2) is 30.9 Å². The number of hydrogen-bond acceptors (Lipinski definition) is 4. The van der Waals surface area contributed by atoms with Gasteiger partial charge in [-0.2, -0.15) is 5.26 Å². The molecular formula is C13H13N3O2. The van der Waals surface area contributed by atoms with E-state index in [4.69, 9.17) is 5.26 Å². The summed E-state index contributed by atoms with van der Waals surface area (Å²) >= 11 is 0. The van der Waals surface area contributed by atoms with E-state index in [9.17, 15) is 10.1 Å². The fourth-order valence-corrected chi connectivity index (χ4v) is 1.94. The molecule has 1 aliphatic rings. The molecule has 0 atom stereocenters. The summed E-state index contributed by atoms with van der Waals surface area (Å²) in [5.41, 5.74) is 0.808. The van der Waals surface area contributed by atoms with Gasteiger partial charge in [0.1, 0.15) is 11.6 Å². The Morgan fingerprint density at radius 3 is 2.83 bits per heavy atom. The van der Waals surface area contributed by atoms with Gasteiger partial charge in [-0.1, -0.05) is 6.08 Å². The highest BCUT2D eigenvalue weighted by atomic mass is 16.6. The third-order valence-electron chi connectivity index (χ3n) is 2.94. The predicted octanol–water partition coefficient (Wildman–Crippen LogP) is 2.62. The molecule has 0 radical (unpaired) electrons. The summed E-state index contributed by atoms with van der Waals surface area (Å²) in [6.45, 7) is 4.40. The molecule has 0 saturated heterocycles. The van der Waals surface area contributed by atoms with Crippen LogP contribution in [0.1, 0.15) is 18.4 Å². The van der Waals surface area contributed by atoms with Crippen LogP contribution >= 0.6 is 0 Å². The maximum atomic E-state index is 10.8. The first-order valence-corrected chi connectivity index (χ1v) is 5.73. The van der Waals surface area contributed by atoms with E-state index in [0.29, 0.717) is 12.6 Å². The molecule has 5 heteroatoms. The Balaban J connectivity index is 2.36. The van der Waals surface area contributed by atoms with E-state index < -0.39 is 4.92 Å². The first-order chi connectivity index (χ1) is 8.67. The molecule has 1 aliphatic carbocycles. The highest BCUT2D eigenvalue weighted by Gasteiger charge is 2.29. The second kappa shape index (κ2) is 4.88. The van der Waals surface area contributed by atoms with E-state index in [1.165, 1.54) is 6.07 Å². The zero-order valence-corrected chi connectivity index (χ0v) is 9.87. The lowest BCUT2D eigenvalue weighted by Gasteiger charge is -2.23. The van der Waals surface area contributed by atoms with Gasteiger partial charge in [0, 0.05) is 24.3 Å². The number of nitriles is 1. The smallest absolute Gasteiger partial charge is 0.287 e. The highest BCUT2D eigenvalue weighted by Crippen LogP contribution is 2.33. The van der Waals surface area contributed by atoms with Crippen molar-refractivity contribution in [3.05, 3.63) is 46.5 Å². The summed E-state index contributed by atoms with van der Waals surface area (Å²) in [6.07, 6.45) is 4.03. The molecule has 18 heavy (non-hydrogen) atoms. The molecule has 0 spiro atoms. The topological polar surface area (TPSA) is 70.2 Å². The van der Waals surface area contributed by atoms with Crippen molar-refractivity contribution < 1.29 is 4.92 Å². The van der Waals surface area contributed by atoms with Crippen molar-refractivity contribution in [2.24, 2.45) is 0 Å². The maximum Gasteiger partial charge on any atom is 0.287 e. The van der Waals surface area contributed by atoms with Crippen molar-refractivity contribution >= 4 is 11.4 Å². The average Bonchev–Trinajstić information content (AvgIpc) is 3.19. The molecule has 0 heterocycles. The third kappa shape index (κ3) is 2.33. The molecular weight excluding hydrogens is 230 g/mol. The van der Waals surface area contributed by atoms with Crippen LogP contribution in [-0.2, 0) is 0 Å². The van der Waals surface area contributed by atoms with Crippen LogP contribution in [0.25, 0.3) is 0 Å². The monoisotopic (exact) mass is 243 g/mol. The average molecular weight is 243 g/mol. The quantitative estimate of drug-likeness (QED) is 0.453. The fourth-order valence-electron chi connectivity index (χ4n) is 1.94. The normalized spacial score (nSPS) is 13.7. The minimum atomic E-state index is -0.530. The van der Waals surface area contributed by atoms with Gasteiger partial charge in [-0.05, 0) is 25.0 Å². The Morgan fingerprint density at radius 1 is 1.61 bits per heavy atom. The molecule has 0 N–H and O–H groups in total. The van der Waals surface area contributed by atoms with E-state index in [2.05, 4.69) is 11.5 Å². The summed E-state index contributed by atoms with van der Waals surface area (Å²) in [6, 6.07) is 7.02. The molecule has 0 amide bonds. The fraction of sp³-hybridized carbons (Fsp3) is 0.308. The molecule has 1 aromatic rings. The zero-order chi connectivity index (χ0) is 13.1. The van der Waals surface area contributed by atoms with E-state index in [1.54, 1.807) is 18.2 Å². The molecule has 5 nitrogen and oxygen atoms in total. The third-order valence-corrected chi connectivity index (χ3v) is 2.94. The van der Waals surface area contributed by atoms with Crippen molar-refractivity contribution in [2.75, 3.05) is 11.4 Å². The van der Waals surface area contributed by atoms with Crippen LogP contribution < -0.4 is 4.90 Å². The molecule has 1 fully saturated rings. The Kier molecular flexibility index (Phi) is 3.28. The standard InChI is InChI=1S/C13H13N3O2/c1-2-7-15(11-3-4-11)12-5-6-13(16(17)18)10(8-12)9-14/h2,5-6,8,11H,1,3-4,7H2. The van der Waals surface area contributed by atoms with Crippen LogP contribution in [0.2, 0.25) is 0 Å². The van der Waals surface area contributed by atoms with Crippen LogP contribution in [-0.4, -0.2) is 17.5 Å². The predicted molar refractivity (Wildman–Crippen MR) is 68.4 cm³/mol. The molecule has 0 bridgehead atoms. The number of nitro benzene ring substituents is 1. The van der Waals surface area contributed by atoms with Gasteiger partial charge in [0.2, 0.25) is 0 Å². The van der Waals surface area contributed by atoms with Gasteiger partial charge < -0.3 is 4.90 Å². The number of rotatable bonds is 5. The summed E-state index contributed by atoms with van der Waals surface area (Å²) < 4.78 is 0. The Hall–Kier alpha value is -2.35. The second-order valence-electron chi connectivity index (χ2n) is 4.24. The Labute approximate surface area is 105 Å². The minimum absolute atomic E-state index is 0.104. The molecule has 92 valence electrons. The molecule has 0 aliphatic heterocycles. The van der Waals surface area contributed by atoms with E-state index in [1.807, 2.05) is 6.07 Å². The van der Waals surface area contributed by atoms with Crippen molar-refractivity contribution in [1.29, 1.82) is 5.26 Å². The maximum absolute atomic E-state index is 10.8. The van der Waals surface area contributed by atoms with Crippen molar-refractivity contribution in [3.8, 4) is 6.07 Å². The minimum Gasteiger partial charge on any atom is -0.365 e. The number of anilines is 1. The first kappa shape index (κ1) is 12.1. The van der Waals surface area contributed by atoms with Crippen molar-refractivity contribution in [2.45, 2.75) is 18.9 Å². The van der Waals surface area contributed by atoms with Gasteiger partial charge in [0.05, 0.1) is 4.92 Å². The summed E-state index contributed by atoms with van der Waals surface area (Å²) in [5.74, 6) is 0. The molecule has 1 saturated carbocycles. The Morgan fingerprint density at radius 2 is 2.33 bits per heavy atom. The van der Waals surface area contributed by atoms with Gasteiger partial charge >= 0.3 is 0 Å². The first-order valence-electron chi connectivity index (χ1n) is 5.73. The van der Waals surface area contributed by atoms with Crippen LogP contribution in [0.4, 0.5) is 11.4 Å². The number of nitrogens with zero attached hydrogens (tertiary/aromatic N) is 3. The van der Waals surface area contributed by atoms with E-state index in [0.717, 1.165) is 18.5 Å². The highest BCUT2D eigenvalue weighted by molar-refractivity contribution is 5.61. The summed E-state index contributed by atoms with van der Waals surface area (Å²) in [7, 11) is 0. The lowest BCUT2D eigenvalue weighted by Crippen LogP contribution is -2.25. The Bertz CT molecular complexity index is 530. The number of nitro groups is 1. The van der Waals surface area contributed by atoms with Crippen LogP contribution in [0, 0.1) is 21.4 Å². The lowest BCUT2D eigenvalue weighted by atomic mass is 10.1. The summed E-state index contributed by atoms with van der Waals surface area (Å²) in [5, 5.41) is 19.7. The van der Waals surface area contributed by atoms with Gasteiger partial charge in [-0.15, -0.1) is 6.58 Å². The molecule has 0 aromatic heterocycles. The van der Waals surface area contributed by atoms with Crippen molar-refractivity contribution in [1.82, 2.24) is 0 Å². The summed E-state index contributed by atoms with van der Waals surface area (Å²) in [4.78, 5) is 12.4. The zero-order valence-electron chi connectivity index (χ0n) is 9.87. The van der Waals surface area contributed by atoms with Gasteiger partial charge in [0.25, 0.3) is 5.69 Å². The second-order valence-corrected chi connectivity index (χ2v) is 4.24. The van der Waals surface area contributed by atoms with Crippen LogP contribution in [0.3, 0.4) is 0 Å². The van der Waals surface area contributed by atoms with Gasteiger partial charge in [-0.3, -0.25) is 10.1 Å². The van der Waals surface area contributed by atoms with Crippen LogP contribution in [0.5, 0.6) is 0 Å². The molecule has 2 rings (SSSR count). The molecule has 1 aromatic carbocycles. The van der Waals surface area contributed by atoms with Gasteiger partial charge in [-0.25, -0.2) is 0 Å². The largest absolute Gasteiger partial charge is 0.365 e. The van der Waals surface area contributed by atoms with E-state index in [-0.39, 0.29) is 11.3 Å². The molecule has 0 unspecified atom stereocenters. The number of hydrogen-bond donors (Lipinski definition) is 0. The van der Waals surface area contributed by atoms with Gasteiger partial charge in [0.15, 0.2) is 0 Å². The van der Waals surface area contributed by atoms with E-state index >= 15 is 0 Å².